The predicted molar refractivity (Wildman–Crippen MR) is 118 cm³/mol. The van der Waals surface area contributed by atoms with Crippen molar-refractivity contribution in [2.75, 3.05) is 19.8 Å². The van der Waals surface area contributed by atoms with Crippen LogP contribution < -0.4 is 5.32 Å². The molecule has 0 unspecified atom stereocenters. The summed E-state index contributed by atoms with van der Waals surface area (Å²) in [6.07, 6.45) is 3.78. The quantitative estimate of drug-likeness (QED) is 0.603. The van der Waals surface area contributed by atoms with Crippen molar-refractivity contribution in [3.05, 3.63) is 82.4 Å². The molecule has 1 amide bonds. The third-order valence-electron chi connectivity index (χ3n) is 5.99. The average Bonchev–Trinajstić information content (AvgIpc) is 3.23. The highest BCUT2D eigenvalue weighted by Gasteiger charge is 2.35. The molecule has 7 heteroatoms. The summed E-state index contributed by atoms with van der Waals surface area (Å²) in [5.41, 5.74) is 2.92. The maximum absolute atomic E-state index is 13.5. The lowest BCUT2D eigenvalue weighted by Crippen LogP contribution is -2.44. The number of hydrogen-bond donors (Lipinski definition) is 1. The van der Waals surface area contributed by atoms with Crippen molar-refractivity contribution in [1.29, 1.82) is 0 Å². The summed E-state index contributed by atoms with van der Waals surface area (Å²) in [6, 6.07) is 13.9. The van der Waals surface area contributed by atoms with Crippen molar-refractivity contribution in [2.24, 2.45) is 0 Å². The van der Waals surface area contributed by atoms with E-state index in [4.69, 9.17) is 16.3 Å². The van der Waals surface area contributed by atoms with Crippen molar-refractivity contribution >= 4 is 17.5 Å². The van der Waals surface area contributed by atoms with Crippen LogP contribution in [-0.2, 0) is 16.6 Å². The first kappa shape index (κ1) is 21.5. The summed E-state index contributed by atoms with van der Waals surface area (Å²) in [5, 5.41) is 8.15. The minimum Gasteiger partial charge on any atom is -0.381 e. The second kappa shape index (κ2) is 9.20. The number of aromatic nitrogens is 2. The fraction of sp³-hybridized carbons (Fsp3) is 0.333. The Hall–Kier alpha value is -2.70. The maximum Gasteiger partial charge on any atom is 0.254 e. The van der Waals surface area contributed by atoms with Crippen LogP contribution in [0.2, 0.25) is 5.02 Å². The van der Waals surface area contributed by atoms with Crippen LogP contribution in [0.5, 0.6) is 0 Å². The van der Waals surface area contributed by atoms with Gasteiger partial charge in [-0.15, -0.1) is 0 Å². The molecule has 1 aliphatic heterocycles. The number of nitrogens with zero attached hydrogens (tertiary/aromatic N) is 2. The summed E-state index contributed by atoms with van der Waals surface area (Å²) in [4.78, 5) is 13.1. The first-order chi connectivity index (χ1) is 15.0. The number of hydrogen-bond acceptors (Lipinski definition) is 3. The Morgan fingerprint density at radius 2 is 1.97 bits per heavy atom. The molecule has 1 aliphatic rings. The van der Waals surface area contributed by atoms with E-state index in [1.54, 1.807) is 16.9 Å². The lowest BCUT2D eigenvalue weighted by Gasteiger charge is -2.38. The van der Waals surface area contributed by atoms with Gasteiger partial charge in [-0.1, -0.05) is 36.7 Å². The van der Waals surface area contributed by atoms with Crippen LogP contribution in [0, 0.1) is 5.82 Å². The number of carbonyl (C=O) groups is 1. The van der Waals surface area contributed by atoms with E-state index in [0.717, 1.165) is 29.8 Å². The Labute approximate surface area is 186 Å². The molecule has 5 nitrogen and oxygen atoms in total. The fourth-order valence-electron chi connectivity index (χ4n) is 4.21. The first-order valence-electron chi connectivity index (χ1n) is 10.5. The van der Waals surface area contributed by atoms with Gasteiger partial charge in [0.05, 0.1) is 23.1 Å². The second-order valence-corrected chi connectivity index (χ2v) is 8.27. The van der Waals surface area contributed by atoms with Gasteiger partial charge >= 0.3 is 0 Å². The van der Waals surface area contributed by atoms with E-state index in [9.17, 15) is 9.18 Å². The molecular weight excluding hydrogens is 417 g/mol. The number of ether oxygens (including phenoxy) is 1. The SMILES string of the molecule is CCc1c(C(=O)NCC2(c3ccc(F)cc3)CCOCC2)cnn1-c1cccc(Cl)c1. The van der Waals surface area contributed by atoms with E-state index < -0.39 is 0 Å². The largest absolute Gasteiger partial charge is 0.381 e. The number of benzene rings is 2. The number of nitrogens with one attached hydrogen (secondary N) is 1. The molecule has 3 aromatic rings. The smallest absolute Gasteiger partial charge is 0.254 e. The van der Waals surface area contributed by atoms with Crippen molar-refractivity contribution in [3.8, 4) is 5.69 Å². The van der Waals surface area contributed by atoms with Gasteiger partial charge in [0.1, 0.15) is 5.82 Å². The van der Waals surface area contributed by atoms with Crippen LogP contribution in [0.4, 0.5) is 4.39 Å². The molecule has 1 aromatic heterocycles. The molecule has 1 fully saturated rings. The highest BCUT2D eigenvalue weighted by molar-refractivity contribution is 6.30. The standard InChI is InChI=1S/C24H25ClFN3O2/c1-2-22-21(15-28-29(22)20-5-3-4-18(25)14-20)23(30)27-16-24(10-12-31-13-11-24)17-6-8-19(26)9-7-17/h3-9,14-15H,2,10-13,16H2,1H3,(H,27,30). The molecule has 162 valence electrons. The lowest BCUT2D eigenvalue weighted by molar-refractivity contribution is 0.0487. The third-order valence-corrected chi connectivity index (χ3v) is 6.23. The molecule has 0 atom stereocenters. The van der Waals surface area contributed by atoms with E-state index in [1.807, 2.05) is 37.3 Å². The Morgan fingerprint density at radius 3 is 2.65 bits per heavy atom. The summed E-state index contributed by atoms with van der Waals surface area (Å²) < 4.78 is 20.8. The Kier molecular flexibility index (Phi) is 6.39. The van der Waals surface area contributed by atoms with Gasteiger partial charge in [0.15, 0.2) is 0 Å². The van der Waals surface area contributed by atoms with E-state index in [1.165, 1.54) is 12.1 Å². The second-order valence-electron chi connectivity index (χ2n) is 7.83. The zero-order valence-electron chi connectivity index (χ0n) is 17.4. The third kappa shape index (κ3) is 4.50. The lowest BCUT2D eigenvalue weighted by atomic mass is 9.74. The van der Waals surface area contributed by atoms with Gasteiger partial charge in [0.2, 0.25) is 0 Å². The van der Waals surface area contributed by atoms with E-state index >= 15 is 0 Å². The molecular formula is C24H25ClFN3O2. The maximum atomic E-state index is 13.5. The number of halogens is 2. The van der Waals surface area contributed by atoms with Crippen LogP contribution in [0.15, 0.2) is 54.7 Å². The molecule has 0 bridgehead atoms. The van der Waals surface area contributed by atoms with Crippen molar-refractivity contribution in [3.63, 3.8) is 0 Å². The number of rotatable bonds is 6. The fourth-order valence-corrected chi connectivity index (χ4v) is 4.40. The summed E-state index contributed by atoms with van der Waals surface area (Å²) >= 11 is 6.12. The van der Waals surface area contributed by atoms with Crippen LogP contribution >= 0.6 is 11.6 Å². The minimum absolute atomic E-state index is 0.168. The van der Waals surface area contributed by atoms with E-state index in [2.05, 4.69) is 10.4 Å². The predicted octanol–water partition coefficient (Wildman–Crippen LogP) is 4.71. The molecule has 0 saturated carbocycles. The number of carbonyl (C=O) groups excluding carboxylic acids is 1. The zero-order chi connectivity index (χ0) is 21.8. The summed E-state index contributed by atoms with van der Waals surface area (Å²) in [5.74, 6) is -0.436. The monoisotopic (exact) mass is 441 g/mol. The molecule has 1 N–H and O–H groups in total. The molecule has 2 aromatic carbocycles. The van der Waals surface area contributed by atoms with E-state index in [-0.39, 0.29) is 17.1 Å². The molecule has 4 rings (SSSR count). The molecule has 31 heavy (non-hydrogen) atoms. The molecule has 2 heterocycles. The number of amides is 1. The summed E-state index contributed by atoms with van der Waals surface area (Å²) in [6.45, 7) is 3.67. The minimum atomic E-state index is -0.281. The molecule has 0 radical (unpaired) electrons. The molecule has 0 spiro atoms. The van der Waals surface area contributed by atoms with Gasteiger partial charge in [-0.05, 0) is 55.2 Å². The van der Waals surface area contributed by atoms with Crippen LogP contribution in [0.3, 0.4) is 0 Å². The normalized spacial score (nSPS) is 15.6. The molecule has 0 aliphatic carbocycles. The van der Waals surface area contributed by atoms with Crippen molar-refractivity contribution in [2.45, 2.75) is 31.6 Å². The van der Waals surface area contributed by atoms with Crippen LogP contribution in [0.25, 0.3) is 5.69 Å². The molecule has 1 saturated heterocycles. The van der Waals surface area contributed by atoms with Crippen LogP contribution in [-0.4, -0.2) is 35.4 Å². The zero-order valence-corrected chi connectivity index (χ0v) is 18.2. The highest BCUT2D eigenvalue weighted by Crippen LogP contribution is 2.34. The van der Waals surface area contributed by atoms with Crippen molar-refractivity contribution in [1.82, 2.24) is 15.1 Å². The summed E-state index contributed by atoms with van der Waals surface area (Å²) in [7, 11) is 0. The van der Waals surface area contributed by atoms with Gasteiger partial charge in [0.25, 0.3) is 5.91 Å². The van der Waals surface area contributed by atoms with Crippen molar-refractivity contribution < 1.29 is 13.9 Å². The average molecular weight is 442 g/mol. The Bertz CT molecular complexity index is 1060. The van der Waals surface area contributed by atoms with Gasteiger partial charge in [-0.25, -0.2) is 9.07 Å². The Balaban J connectivity index is 1.57. The topological polar surface area (TPSA) is 56.1 Å². The first-order valence-corrected chi connectivity index (χ1v) is 10.8. The van der Waals surface area contributed by atoms with E-state index in [0.29, 0.717) is 36.8 Å². The van der Waals surface area contributed by atoms with Crippen LogP contribution in [0.1, 0.15) is 41.4 Å². The highest BCUT2D eigenvalue weighted by atomic mass is 35.5. The van der Waals surface area contributed by atoms with Gasteiger partial charge in [0, 0.05) is 30.2 Å². The van der Waals surface area contributed by atoms with Gasteiger partial charge in [-0.2, -0.15) is 5.10 Å². The van der Waals surface area contributed by atoms with Gasteiger partial charge in [-0.3, -0.25) is 4.79 Å². The van der Waals surface area contributed by atoms with Gasteiger partial charge < -0.3 is 10.1 Å². The Morgan fingerprint density at radius 1 is 1.23 bits per heavy atom.